The Balaban J connectivity index is 2.11. The summed E-state index contributed by atoms with van der Waals surface area (Å²) >= 11 is 1.23. The van der Waals surface area contributed by atoms with Gasteiger partial charge in [-0.25, -0.2) is 9.78 Å². The smallest absolute Gasteiger partial charge is 0.363 e. The van der Waals surface area contributed by atoms with Crippen molar-refractivity contribution in [1.82, 2.24) is 4.98 Å². The normalized spacial score (nSPS) is 16.1. The summed E-state index contributed by atoms with van der Waals surface area (Å²) in [7, 11) is 0. The summed E-state index contributed by atoms with van der Waals surface area (Å²) in [5.74, 6) is -0.590. The van der Waals surface area contributed by atoms with E-state index in [1.807, 2.05) is 0 Å². The summed E-state index contributed by atoms with van der Waals surface area (Å²) in [4.78, 5) is 21.4. The molecule has 0 radical (unpaired) electrons. The van der Waals surface area contributed by atoms with Crippen LogP contribution in [0, 0.1) is 0 Å². The lowest BCUT2D eigenvalue weighted by molar-refractivity contribution is -0.134. The van der Waals surface area contributed by atoms with E-state index in [1.54, 1.807) is 5.38 Å². The van der Waals surface area contributed by atoms with E-state index in [2.05, 4.69) is 16.7 Å². The fraction of sp³-hybridized carbons (Fsp3) is 0.462. The molecule has 108 valence electrons. The quantitative estimate of drug-likeness (QED) is 0.376. The van der Waals surface area contributed by atoms with Gasteiger partial charge in [0, 0.05) is 5.38 Å². The van der Waals surface area contributed by atoms with Crippen molar-refractivity contribution in [1.29, 1.82) is 0 Å². The number of rotatable bonds is 6. The van der Waals surface area contributed by atoms with Crippen molar-refractivity contribution >= 4 is 28.1 Å². The predicted molar refractivity (Wildman–Crippen MR) is 77.6 cm³/mol. The van der Waals surface area contributed by atoms with Gasteiger partial charge in [-0.05, 0) is 25.7 Å². The van der Waals surface area contributed by atoms with E-state index in [0.717, 1.165) is 25.7 Å². The van der Waals surface area contributed by atoms with Gasteiger partial charge in [-0.2, -0.15) is 0 Å². The Morgan fingerprint density at radius 2 is 2.35 bits per heavy atom. The van der Waals surface area contributed by atoms with Crippen molar-refractivity contribution < 1.29 is 14.4 Å². The van der Waals surface area contributed by atoms with Crippen molar-refractivity contribution in [3.05, 3.63) is 23.7 Å². The molecule has 1 heterocycles. The molecule has 0 spiro atoms. The number of anilines is 1. The molecule has 0 aromatic carbocycles. The number of nitrogen functional groups attached to an aromatic ring is 1. The minimum Gasteiger partial charge on any atom is -0.457 e. The first-order chi connectivity index (χ1) is 9.70. The van der Waals surface area contributed by atoms with Crippen LogP contribution in [0.5, 0.6) is 0 Å². The van der Waals surface area contributed by atoms with E-state index >= 15 is 0 Å². The summed E-state index contributed by atoms with van der Waals surface area (Å²) in [6.45, 7) is 3.61. The second-order valence-electron chi connectivity index (χ2n) is 4.41. The number of oxime groups is 1. The largest absolute Gasteiger partial charge is 0.457 e. The Morgan fingerprint density at radius 1 is 1.60 bits per heavy atom. The number of hydrogen-bond acceptors (Lipinski definition) is 7. The molecule has 1 aromatic heterocycles. The Morgan fingerprint density at radius 3 is 2.95 bits per heavy atom. The van der Waals surface area contributed by atoms with Gasteiger partial charge in [0.05, 0.1) is 0 Å². The van der Waals surface area contributed by atoms with Gasteiger partial charge in [-0.3, -0.25) is 0 Å². The SMILES string of the molecule is C=CCOC(=O)C(=NOC1CCCC1)c1csc(N)n1. The lowest BCUT2D eigenvalue weighted by Gasteiger charge is -2.08. The van der Waals surface area contributed by atoms with E-state index in [4.69, 9.17) is 15.3 Å². The molecular weight excluding hydrogens is 278 g/mol. The highest BCUT2D eigenvalue weighted by atomic mass is 32.1. The van der Waals surface area contributed by atoms with Crippen LogP contribution in [-0.2, 0) is 14.4 Å². The lowest BCUT2D eigenvalue weighted by Crippen LogP contribution is -2.21. The molecule has 1 aliphatic carbocycles. The number of carbonyl (C=O) groups excluding carboxylic acids is 1. The fourth-order valence-electron chi connectivity index (χ4n) is 1.91. The second kappa shape index (κ2) is 7.04. The molecule has 0 bridgehead atoms. The first-order valence-corrected chi connectivity index (χ1v) is 7.32. The van der Waals surface area contributed by atoms with Crippen molar-refractivity contribution in [3.8, 4) is 0 Å². The first kappa shape index (κ1) is 14.5. The number of nitrogens with two attached hydrogens (primary N) is 1. The van der Waals surface area contributed by atoms with Crippen LogP contribution < -0.4 is 5.73 Å². The first-order valence-electron chi connectivity index (χ1n) is 6.44. The van der Waals surface area contributed by atoms with E-state index in [9.17, 15) is 4.79 Å². The zero-order chi connectivity index (χ0) is 14.4. The molecule has 1 aliphatic rings. The summed E-state index contributed by atoms with van der Waals surface area (Å²) in [6, 6.07) is 0. The third-order valence-corrected chi connectivity index (χ3v) is 3.56. The van der Waals surface area contributed by atoms with E-state index in [-0.39, 0.29) is 18.4 Å². The van der Waals surface area contributed by atoms with Gasteiger partial charge in [-0.15, -0.1) is 11.3 Å². The molecule has 1 saturated carbocycles. The predicted octanol–water partition coefficient (Wildman–Crippen LogP) is 2.12. The highest BCUT2D eigenvalue weighted by Gasteiger charge is 2.22. The van der Waals surface area contributed by atoms with E-state index in [1.165, 1.54) is 17.4 Å². The van der Waals surface area contributed by atoms with Gasteiger partial charge in [0.2, 0.25) is 5.71 Å². The van der Waals surface area contributed by atoms with Gasteiger partial charge in [0.1, 0.15) is 18.4 Å². The Bertz CT molecular complexity index is 507. The zero-order valence-corrected chi connectivity index (χ0v) is 11.9. The number of carbonyl (C=O) groups is 1. The molecule has 0 aliphatic heterocycles. The number of hydrogen-bond donors (Lipinski definition) is 1. The van der Waals surface area contributed by atoms with Gasteiger partial charge < -0.3 is 15.3 Å². The van der Waals surface area contributed by atoms with Crippen LogP contribution in [0.3, 0.4) is 0 Å². The standard InChI is InChI=1S/C13H17N3O3S/c1-2-7-18-12(17)11(10-8-20-13(14)15-10)16-19-9-5-3-4-6-9/h2,8-9H,1,3-7H2,(H2,14,15). The van der Waals surface area contributed by atoms with E-state index < -0.39 is 5.97 Å². The number of ether oxygens (including phenoxy) is 1. The maximum Gasteiger partial charge on any atom is 0.363 e. The van der Waals surface area contributed by atoms with Crippen LogP contribution in [0.2, 0.25) is 0 Å². The Kier molecular flexibility index (Phi) is 5.11. The average Bonchev–Trinajstić information content (AvgIpc) is 3.08. The van der Waals surface area contributed by atoms with Crippen molar-refractivity contribution in [2.24, 2.45) is 5.16 Å². The third-order valence-electron chi connectivity index (χ3n) is 2.89. The van der Waals surface area contributed by atoms with Crippen LogP contribution in [0.1, 0.15) is 31.4 Å². The lowest BCUT2D eigenvalue weighted by atomic mass is 10.3. The number of esters is 1. The summed E-state index contributed by atoms with van der Waals surface area (Å²) in [5.41, 5.74) is 6.00. The fourth-order valence-corrected chi connectivity index (χ4v) is 2.46. The molecule has 2 rings (SSSR count). The van der Waals surface area contributed by atoms with Crippen LogP contribution >= 0.6 is 11.3 Å². The topological polar surface area (TPSA) is 86.8 Å². The molecule has 1 fully saturated rings. The molecule has 1 aromatic rings. The molecule has 20 heavy (non-hydrogen) atoms. The van der Waals surface area contributed by atoms with Crippen LogP contribution in [0.4, 0.5) is 5.13 Å². The second-order valence-corrected chi connectivity index (χ2v) is 5.30. The Hall–Kier alpha value is -1.89. The maximum absolute atomic E-state index is 12.0. The molecule has 2 N–H and O–H groups in total. The Labute approximate surface area is 121 Å². The summed E-state index contributed by atoms with van der Waals surface area (Å²) in [6.07, 6.45) is 5.71. The number of thiazole rings is 1. The molecule has 7 heteroatoms. The maximum atomic E-state index is 12.0. The molecule has 0 unspecified atom stereocenters. The molecule has 0 saturated heterocycles. The van der Waals surface area contributed by atoms with Crippen molar-refractivity contribution in [3.63, 3.8) is 0 Å². The summed E-state index contributed by atoms with van der Waals surface area (Å²) in [5, 5.41) is 5.96. The van der Waals surface area contributed by atoms with Gasteiger partial charge in [-0.1, -0.05) is 17.8 Å². The summed E-state index contributed by atoms with van der Waals surface area (Å²) < 4.78 is 4.99. The van der Waals surface area contributed by atoms with Crippen molar-refractivity contribution in [2.45, 2.75) is 31.8 Å². The van der Waals surface area contributed by atoms with Gasteiger partial charge in [0.25, 0.3) is 0 Å². The highest BCUT2D eigenvalue weighted by Crippen LogP contribution is 2.21. The van der Waals surface area contributed by atoms with Crippen LogP contribution in [-0.4, -0.2) is 29.4 Å². The molecule has 0 amide bonds. The minimum atomic E-state index is -0.590. The van der Waals surface area contributed by atoms with E-state index in [0.29, 0.717) is 10.8 Å². The molecule has 0 atom stereocenters. The van der Waals surface area contributed by atoms with Gasteiger partial charge in [0.15, 0.2) is 5.13 Å². The number of nitrogens with zero attached hydrogens (tertiary/aromatic N) is 2. The monoisotopic (exact) mass is 295 g/mol. The zero-order valence-electron chi connectivity index (χ0n) is 11.1. The minimum absolute atomic E-state index is 0.0479. The van der Waals surface area contributed by atoms with Gasteiger partial charge >= 0.3 is 5.97 Å². The molecular formula is C13H17N3O3S. The average molecular weight is 295 g/mol. The highest BCUT2D eigenvalue weighted by molar-refractivity contribution is 7.13. The van der Waals surface area contributed by atoms with Crippen molar-refractivity contribution in [2.75, 3.05) is 12.3 Å². The third kappa shape index (κ3) is 3.80. The van der Waals surface area contributed by atoms with Crippen LogP contribution in [0.25, 0.3) is 0 Å². The van der Waals surface area contributed by atoms with Crippen LogP contribution in [0.15, 0.2) is 23.2 Å². The number of aromatic nitrogens is 1. The molecule has 6 nitrogen and oxygen atoms in total.